The Morgan fingerprint density at radius 3 is 1.26 bits per heavy atom. The van der Waals surface area contributed by atoms with Crippen LogP contribution in [0.2, 0.25) is 0 Å². The summed E-state index contributed by atoms with van der Waals surface area (Å²) >= 11 is 0. The van der Waals surface area contributed by atoms with Gasteiger partial charge < -0.3 is 0 Å². The van der Waals surface area contributed by atoms with Crippen LogP contribution in [0.4, 0.5) is 0 Å². The van der Waals surface area contributed by atoms with Gasteiger partial charge in [0, 0.05) is 10.2 Å². The lowest BCUT2D eigenvalue weighted by Gasteiger charge is -2.50. The zero-order valence-corrected chi connectivity index (χ0v) is 16.3. The van der Waals surface area contributed by atoms with Crippen molar-refractivity contribution in [3.05, 3.63) is 11.8 Å². The summed E-state index contributed by atoms with van der Waals surface area (Å²) in [5.74, 6) is 0. The van der Waals surface area contributed by atoms with Crippen LogP contribution in [0.3, 0.4) is 0 Å². The van der Waals surface area contributed by atoms with Crippen LogP contribution >= 0.6 is 0 Å². The maximum atomic E-state index is 4.38. The van der Waals surface area contributed by atoms with Gasteiger partial charge in [0.05, 0.1) is 5.66 Å². The van der Waals surface area contributed by atoms with E-state index < -0.39 is 0 Å². The molecule has 0 N–H and O–H groups in total. The Morgan fingerprint density at radius 2 is 1.11 bits per heavy atom. The number of hydrogen-bond donors (Lipinski definition) is 0. The minimum Gasteiger partial charge on any atom is -0.282 e. The van der Waals surface area contributed by atoms with Crippen LogP contribution < -0.4 is 0 Å². The fourth-order valence-corrected chi connectivity index (χ4v) is 3.55. The molecule has 19 heavy (non-hydrogen) atoms. The van der Waals surface area contributed by atoms with E-state index in [0.29, 0.717) is 0 Å². The summed E-state index contributed by atoms with van der Waals surface area (Å²) in [5, 5.41) is 1.41. The third kappa shape index (κ3) is 5.05. The van der Waals surface area contributed by atoms with E-state index in [2.05, 4.69) is 51.0 Å². The molecule has 0 aliphatic rings. The summed E-state index contributed by atoms with van der Waals surface area (Å²) < 4.78 is 0. The molecule has 0 heterocycles. The fraction of sp³-hybridized carbons (Fsp3) is 0.875. The summed E-state index contributed by atoms with van der Waals surface area (Å²) in [6.45, 7) is 20.6. The molecule has 0 rings (SSSR count). The molecular weight excluding hydrogens is 248 g/mol. The zero-order chi connectivity index (χ0) is 14.9. The van der Waals surface area contributed by atoms with Crippen molar-refractivity contribution >= 4 is 10.2 Å². The van der Waals surface area contributed by atoms with Gasteiger partial charge in [-0.25, -0.2) is 0 Å². The highest BCUT2D eigenvalue weighted by Crippen LogP contribution is 2.27. The van der Waals surface area contributed by atoms with Gasteiger partial charge in [-0.1, -0.05) is 32.9 Å². The van der Waals surface area contributed by atoms with E-state index in [1.54, 1.807) is 0 Å². The number of rotatable bonds is 11. The van der Waals surface area contributed by atoms with Crippen molar-refractivity contribution in [1.29, 1.82) is 0 Å². The largest absolute Gasteiger partial charge is 0.282 e. The van der Waals surface area contributed by atoms with Crippen molar-refractivity contribution < 1.29 is 0 Å². The molecule has 0 aromatic carbocycles. The summed E-state index contributed by atoms with van der Waals surface area (Å²) in [4.78, 5) is 5.32. The molecule has 0 unspecified atom stereocenters. The number of hydrogen-bond acceptors (Lipinski definition) is 2. The van der Waals surface area contributed by atoms with Crippen LogP contribution in [0.25, 0.3) is 0 Å². The van der Waals surface area contributed by atoms with Crippen LogP contribution in [-0.4, -0.2) is 51.9 Å². The van der Waals surface area contributed by atoms with Gasteiger partial charge in [0.2, 0.25) is 0 Å². The molecule has 0 saturated heterocycles. The highest BCUT2D eigenvalue weighted by Gasteiger charge is 2.36. The lowest BCUT2D eigenvalue weighted by molar-refractivity contribution is -0.0129. The maximum absolute atomic E-state index is 4.38. The van der Waals surface area contributed by atoms with Gasteiger partial charge in [0.15, 0.2) is 0 Å². The predicted octanol–water partition coefficient (Wildman–Crippen LogP) is 2.83. The zero-order valence-electron chi connectivity index (χ0n) is 14.3. The predicted molar refractivity (Wildman–Crippen MR) is 91.8 cm³/mol. The van der Waals surface area contributed by atoms with Gasteiger partial charge >= 0.3 is 0 Å². The molecule has 0 aliphatic carbocycles. The molecule has 0 fully saturated rings. The van der Waals surface area contributed by atoms with Crippen molar-refractivity contribution in [1.82, 2.24) is 9.80 Å². The van der Waals surface area contributed by atoms with E-state index in [1.807, 2.05) is 0 Å². The third-order valence-corrected chi connectivity index (χ3v) is 4.96. The molecule has 0 bridgehead atoms. The highest BCUT2D eigenvalue weighted by atomic mass is 28.1. The molecule has 0 aromatic heterocycles. The summed E-state index contributed by atoms with van der Waals surface area (Å²) in [7, 11) is 1.07. The van der Waals surface area contributed by atoms with E-state index in [9.17, 15) is 0 Å². The molecule has 0 spiro atoms. The van der Waals surface area contributed by atoms with Crippen LogP contribution in [-0.2, 0) is 0 Å². The molecule has 0 saturated carbocycles. The Labute approximate surface area is 124 Å². The van der Waals surface area contributed by atoms with Gasteiger partial charge in [-0.2, -0.15) is 0 Å². The van der Waals surface area contributed by atoms with Gasteiger partial charge in [-0.15, -0.1) is 6.58 Å². The minimum absolute atomic E-state index is 0.0737. The second-order valence-corrected chi connectivity index (χ2v) is 6.98. The molecular formula is C16H36N2Si. The van der Waals surface area contributed by atoms with Gasteiger partial charge in [-0.3, -0.25) is 9.80 Å². The standard InChI is InChI=1S/C16H36N2Si/c1-7-11-17(12-8-2)16(6,15(5)19)18(13-9-3)14-10-4/h5,7-14H2,1-4,6,19H3. The summed E-state index contributed by atoms with van der Waals surface area (Å²) in [6, 6.07) is 0. The third-order valence-electron chi connectivity index (χ3n) is 4.01. The van der Waals surface area contributed by atoms with Crippen molar-refractivity contribution in [2.45, 2.75) is 66.0 Å². The first-order valence-corrected chi connectivity index (χ1v) is 9.14. The fourth-order valence-electron chi connectivity index (χ4n) is 2.91. The second-order valence-electron chi connectivity index (χ2n) is 5.78. The lowest BCUT2D eigenvalue weighted by Crippen LogP contribution is -2.60. The molecule has 0 aromatic rings. The smallest absolute Gasteiger partial charge is 0.0882 e. The van der Waals surface area contributed by atoms with Crippen molar-refractivity contribution in [2.24, 2.45) is 0 Å². The molecule has 0 amide bonds. The summed E-state index contributed by atoms with van der Waals surface area (Å²) in [6.07, 6.45) is 4.88. The molecule has 3 heteroatoms. The van der Waals surface area contributed by atoms with Crippen molar-refractivity contribution in [3.8, 4) is 0 Å². The average molecular weight is 285 g/mol. The van der Waals surface area contributed by atoms with Crippen LogP contribution in [0.1, 0.15) is 60.3 Å². The normalized spacial score (nSPS) is 12.6. The first-order chi connectivity index (χ1) is 8.98. The van der Waals surface area contributed by atoms with Crippen molar-refractivity contribution in [3.63, 3.8) is 0 Å². The lowest BCUT2D eigenvalue weighted by atomic mass is 10.1. The minimum atomic E-state index is 0.0737. The van der Waals surface area contributed by atoms with E-state index in [-0.39, 0.29) is 5.66 Å². The van der Waals surface area contributed by atoms with Crippen LogP contribution in [0.5, 0.6) is 0 Å². The quantitative estimate of drug-likeness (QED) is 0.425. The van der Waals surface area contributed by atoms with E-state index >= 15 is 0 Å². The topological polar surface area (TPSA) is 6.48 Å². The molecule has 0 atom stereocenters. The Morgan fingerprint density at radius 1 is 0.842 bits per heavy atom. The SMILES string of the molecule is C=C([SiH3])C(C)(N(CCC)CCC)N(CCC)CCC. The maximum Gasteiger partial charge on any atom is 0.0882 e. The first kappa shape index (κ1) is 18.9. The molecule has 0 aliphatic heterocycles. The van der Waals surface area contributed by atoms with Crippen molar-refractivity contribution in [2.75, 3.05) is 26.2 Å². The number of nitrogens with zero attached hydrogens (tertiary/aromatic N) is 2. The van der Waals surface area contributed by atoms with E-state index in [0.717, 1.165) is 10.2 Å². The Hall–Kier alpha value is -0.123. The monoisotopic (exact) mass is 284 g/mol. The Balaban J connectivity index is 5.29. The second kappa shape index (κ2) is 9.73. The molecule has 114 valence electrons. The first-order valence-electron chi connectivity index (χ1n) is 8.14. The average Bonchev–Trinajstić information content (AvgIpc) is 2.37. The van der Waals surface area contributed by atoms with E-state index in [1.165, 1.54) is 57.1 Å². The van der Waals surface area contributed by atoms with Gasteiger partial charge in [-0.05, 0) is 58.8 Å². The molecule has 0 radical (unpaired) electrons. The Bertz CT molecular complexity index is 225. The Kier molecular flexibility index (Phi) is 9.67. The molecule has 2 nitrogen and oxygen atoms in total. The van der Waals surface area contributed by atoms with E-state index in [4.69, 9.17) is 0 Å². The van der Waals surface area contributed by atoms with Crippen LogP contribution in [0.15, 0.2) is 11.8 Å². The summed E-state index contributed by atoms with van der Waals surface area (Å²) in [5.41, 5.74) is 0.0737. The van der Waals surface area contributed by atoms with Crippen LogP contribution in [0, 0.1) is 0 Å². The van der Waals surface area contributed by atoms with Gasteiger partial charge in [0.25, 0.3) is 0 Å². The van der Waals surface area contributed by atoms with Gasteiger partial charge in [0.1, 0.15) is 0 Å². The highest BCUT2D eigenvalue weighted by molar-refractivity contribution is 6.22.